The van der Waals surface area contributed by atoms with Crippen LogP contribution in [0.2, 0.25) is 0 Å². The van der Waals surface area contributed by atoms with Crippen molar-refractivity contribution in [2.45, 2.75) is 51.5 Å². The lowest BCUT2D eigenvalue weighted by atomic mass is 9.76. The summed E-state index contributed by atoms with van der Waals surface area (Å²) in [5.74, 6) is 2.73. The summed E-state index contributed by atoms with van der Waals surface area (Å²) in [5.41, 5.74) is 0.249. The Morgan fingerprint density at radius 2 is 2.00 bits per heavy atom. The van der Waals surface area contributed by atoms with Gasteiger partial charge in [0.05, 0.1) is 5.69 Å². The Morgan fingerprint density at radius 3 is 2.74 bits per heavy atom. The van der Waals surface area contributed by atoms with Gasteiger partial charge in [0.1, 0.15) is 18.8 Å². The second-order valence-electron chi connectivity index (χ2n) is 7.41. The second-order valence-corrected chi connectivity index (χ2v) is 7.41. The molecular formula is C19H25N5O3. The molecule has 0 spiro atoms. The highest BCUT2D eigenvalue weighted by molar-refractivity contribution is 5.76. The Hall–Kier alpha value is -2.64. The topological polar surface area (TPSA) is 91.2 Å². The van der Waals surface area contributed by atoms with Crippen molar-refractivity contribution in [3.8, 4) is 17.2 Å². The zero-order chi connectivity index (χ0) is 18.9. The molecule has 1 amide bonds. The van der Waals surface area contributed by atoms with Crippen LogP contribution in [0, 0.1) is 5.92 Å². The number of nitrogens with zero attached hydrogens (tertiary/aromatic N) is 4. The van der Waals surface area contributed by atoms with Gasteiger partial charge < -0.3 is 14.8 Å². The minimum atomic E-state index is -0.545. The molecule has 2 aromatic rings. The lowest BCUT2D eigenvalue weighted by molar-refractivity contribution is -0.123. The van der Waals surface area contributed by atoms with Crippen molar-refractivity contribution < 1.29 is 14.3 Å². The van der Waals surface area contributed by atoms with Gasteiger partial charge in [0.25, 0.3) is 0 Å². The molecule has 0 bridgehead atoms. The van der Waals surface area contributed by atoms with Crippen LogP contribution in [0.5, 0.6) is 11.5 Å². The molecule has 2 aliphatic rings. The first kappa shape index (κ1) is 17.8. The Balaban J connectivity index is 1.73. The number of hydrogen-bond acceptors (Lipinski definition) is 6. The van der Waals surface area contributed by atoms with Crippen molar-refractivity contribution in [1.29, 1.82) is 0 Å². The van der Waals surface area contributed by atoms with E-state index in [0.29, 0.717) is 37.1 Å². The van der Waals surface area contributed by atoms with Gasteiger partial charge in [0, 0.05) is 12.5 Å². The molecule has 8 heteroatoms. The number of hydrogen-bond donors (Lipinski definition) is 1. The lowest BCUT2D eigenvalue weighted by Gasteiger charge is -2.38. The Kier molecular flexibility index (Phi) is 4.72. The van der Waals surface area contributed by atoms with Crippen molar-refractivity contribution in [3.63, 3.8) is 0 Å². The third kappa shape index (κ3) is 3.36. The molecule has 27 heavy (non-hydrogen) atoms. The zero-order valence-electron chi connectivity index (χ0n) is 15.8. The SMILES string of the molecule is CCC(=O)NC1(c2nnnn2-c2ccc3c(c2)OCCO3)CCC(C)CC1. The van der Waals surface area contributed by atoms with E-state index in [1.807, 2.05) is 25.1 Å². The Bertz CT molecular complexity index is 827. The highest BCUT2D eigenvalue weighted by atomic mass is 16.6. The fourth-order valence-corrected chi connectivity index (χ4v) is 3.84. The molecule has 1 N–H and O–H groups in total. The average Bonchev–Trinajstić information content (AvgIpc) is 3.20. The standard InChI is InChI=1S/C19H25N5O3/c1-3-17(25)20-19(8-6-13(2)7-9-19)18-21-22-23-24(18)14-4-5-15-16(12-14)27-11-10-26-15/h4-5,12-13H,3,6-11H2,1-2H3,(H,20,25). The molecule has 8 nitrogen and oxygen atoms in total. The molecule has 1 aromatic carbocycles. The van der Waals surface area contributed by atoms with Gasteiger partial charge in [0.15, 0.2) is 17.3 Å². The van der Waals surface area contributed by atoms with Crippen LogP contribution in [-0.2, 0) is 10.3 Å². The van der Waals surface area contributed by atoms with Crippen LogP contribution in [0.4, 0.5) is 0 Å². The summed E-state index contributed by atoms with van der Waals surface area (Å²) in [6.07, 6.45) is 4.13. The van der Waals surface area contributed by atoms with Crippen LogP contribution in [-0.4, -0.2) is 39.3 Å². The number of aromatic nitrogens is 4. The third-order valence-electron chi connectivity index (χ3n) is 5.50. The second kappa shape index (κ2) is 7.17. The van der Waals surface area contributed by atoms with E-state index in [1.54, 1.807) is 4.68 Å². The number of nitrogens with one attached hydrogen (secondary N) is 1. The molecule has 1 saturated carbocycles. The van der Waals surface area contributed by atoms with E-state index in [-0.39, 0.29) is 5.91 Å². The molecule has 0 radical (unpaired) electrons. The summed E-state index contributed by atoms with van der Waals surface area (Å²) in [4.78, 5) is 12.3. The summed E-state index contributed by atoms with van der Waals surface area (Å²) in [7, 11) is 0. The highest BCUT2D eigenvalue weighted by Gasteiger charge is 2.41. The fraction of sp³-hybridized carbons (Fsp3) is 0.579. The van der Waals surface area contributed by atoms with Crippen molar-refractivity contribution in [2.75, 3.05) is 13.2 Å². The van der Waals surface area contributed by atoms with Crippen LogP contribution in [0.25, 0.3) is 5.69 Å². The van der Waals surface area contributed by atoms with E-state index in [0.717, 1.165) is 37.1 Å². The van der Waals surface area contributed by atoms with Crippen LogP contribution < -0.4 is 14.8 Å². The number of ether oxygens (including phenoxy) is 2. The monoisotopic (exact) mass is 371 g/mol. The molecule has 1 aliphatic carbocycles. The van der Waals surface area contributed by atoms with E-state index in [1.165, 1.54) is 0 Å². The van der Waals surface area contributed by atoms with Crippen molar-refractivity contribution in [3.05, 3.63) is 24.0 Å². The van der Waals surface area contributed by atoms with E-state index in [9.17, 15) is 4.79 Å². The van der Waals surface area contributed by atoms with Crippen molar-refractivity contribution in [1.82, 2.24) is 25.5 Å². The van der Waals surface area contributed by atoms with E-state index >= 15 is 0 Å². The maximum absolute atomic E-state index is 12.3. The minimum Gasteiger partial charge on any atom is -0.486 e. The van der Waals surface area contributed by atoms with Gasteiger partial charge in [-0.15, -0.1) is 5.10 Å². The van der Waals surface area contributed by atoms with E-state index < -0.39 is 5.54 Å². The lowest BCUT2D eigenvalue weighted by Crippen LogP contribution is -2.49. The number of fused-ring (bicyclic) bond motifs is 1. The molecule has 0 saturated heterocycles. The number of carbonyl (C=O) groups excluding carboxylic acids is 1. The third-order valence-corrected chi connectivity index (χ3v) is 5.50. The van der Waals surface area contributed by atoms with Crippen LogP contribution in [0.3, 0.4) is 0 Å². The molecule has 144 valence electrons. The fourth-order valence-electron chi connectivity index (χ4n) is 3.84. The summed E-state index contributed by atoms with van der Waals surface area (Å²) < 4.78 is 13.0. The van der Waals surface area contributed by atoms with Gasteiger partial charge in [-0.1, -0.05) is 13.8 Å². The molecule has 1 aromatic heterocycles. The quantitative estimate of drug-likeness (QED) is 0.887. The van der Waals surface area contributed by atoms with Crippen LogP contribution in [0.1, 0.15) is 51.8 Å². The zero-order valence-corrected chi connectivity index (χ0v) is 15.8. The Labute approximate surface area is 158 Å². The number of amides is 1. The number of carbonyl (C=O) groups is 1. The summed E-state index contributed by atoms with van der Waals surface area (Å²) in [6, 6.07) is 5.67. The van der Waals surface area contributed by atoms with Crippen LogP contribution in [0.15, 0.2) is 18.2 Å². The smallest absolute Gasteiger partial charge is 0.220 e. The van der Waals surface area contributed by atoms with Gasteiger partial charge in [0.2, 0.25) is 5.91 Å². The van der Waals surface area contributed by atoms with Crippen molar-refractivity contribution >= 4 is 5.91 Å². The molecule has 0 atom stereocenters. The summed E-state index contributed by atoms with van der Waals surface area (Å²) in [5, 5.41) is 15.7. The molecular weight excluding hydrogens is 346 g/mol. The largest absolute Gasteiger partial charge is 0.486 e. The van der Waals surface area contributed by atoms with Gasteiger partial charge >= 0.3 is 0 Å². The summed E-state index contributed by atoms with van der Waals surface area (Å²) in [6.45, 7) is 5.17. The molecule has 4 rings (SSSR count). The van der Waals surface area contributed by atoms with Gasteiger partial charge in [-0.3, -0.25) is 4.79 Å². The number of rotatable bonds is 4. The molecule has 1 fully saturated rings. The van der Waals surface area contributed by atoms with Gasteiger partial charge in [-0.05, 0) is 54.2 Å². The van der Waals surface area contributed by atoms with Gasteiger partial charge in [-0.2, -0.15) is 4.68 Å². The van der Waals surface area contributed by atoms with E-state index in [2.05, 4.69) is 27.8 Å². The van der Waals surface area contributed by atoms with Crippen LogP contribution >= 0.6 is 0 Å². The maximum atomic E-state index is 12.3. The van der Waals surface area contributed by atoms with E-state index in [4.69, 9.17) is 9.47 Å². The molecule has 2 heterocycles. The van der Waals surface area contributed by atoms with Gasteiger partial charge in [-0.25, -0.2) is 0 Å². The Morgan fingerprint density at radius 1 is 1.26 bits per heavy atom. The number of tetrazole rings is 1. The normalized spacial score (nSPS) is 24.4. The molecule has 1 aliphatic heterocycles. The first-order chi connectivity index (χ1) is 13.1. The number of benzene rings is 1. The first-order valence-corrected chi connectivity index (χ1v) is 9.61. The maximum Gasteiger partial charge on any atom is 0.220 e. The predicted molar refractivity (Wildman–Crippen MR) is 97.9 cm³/mol. The highest BCUT2D eigenvalue weighted by Crippen LogP contribution is 2.40. The molecule has 0 unspecified atom stereocenters. The summed E-state index contributed by atoms with van der Waals surface area (Å²) >= 11 is 0. The average molecular weight is 371 g/mol. The predicted octanol–water partition coefficient (Wildman–Crippen LogP) is 2.37. The first-order valence-electron chi connectivity index (χ1n) is 9.61. The minimum absolute atomic E-state index is 0.0151. The van der Waals surface area contributed by atoms with Crippen molar-refractivity contribution in [2.24, 2.45) is 5.92 Å².